The second-order valence-electron chi connectivity index (χ2n) is 5.61. The van der Waals surface area contributed by atoms with Crippen LogP contribution >= 0.6 is 0 Å². The van der Waals surface area contributed by atoms with Crippen molar-refractivity contribution in [3.63, 3.8) is 0 Å². The van der Waals surface area contributed by atoms with Crippen LogP contribution in [-0.4, -0.2) is 38.5 Å². The van der Waals surface area contributed by atoms with E-state index in [1.165, 1.54) is 17.3 Å². The van der Waals surface area contributed by atoms with Gasteiger partial charge < -0.3 is 11.1 Å². The maximum Gasteiger partial charge on any atom is 0.258 e. The number of nitrogens with zero attached hydrogens (tertiary/aromatic N) is 5. The van der Waals surface area contributed by atoms with Crippen molar-refractivity contribution in [1.29, 1.82) is 0 Å². The third-order valence-corrected chi connectivity index (χ3v) is 3.89. The van der Waals surface area contributed by atoms with Gasteiger partial charge in [-0.2, -0.15) is 5.10 Å². The Bertz CT molecular complexity index is 1020. The molecule has 0 aliphatic carbocycles. The maximum atomic E-state index is 13.0. The molecule has 3 aromatic rings. The van der Waals surface area contributed by atoms with Crippen molar-refractivity contribution < 1.29 is 9.59 Å². The fraction of sp³-hybridized carbons (Fsp3) is 0.0588. The molecule has 3 heterocycles. The number of hydrogen-bond donors (Lipinski definition) is 2. The van der Waals surface area contributed by atoms with Crippen LogP contribution in [-0.2, 0) is 4.79 Å². The normalized spacial score (nSPS) is 13.1. The largest absolute Gasteiger partial charge is 0.366 e. The third-order valence-electron chi connectivity index (χ3n) is 3.89. The molecule has 9 nitrogen and oxygen atoms in total. The number of nitrogens with one attached hydrogen (secondary N) is 1. The van der Waals surface area contributed by atoms with Gasteiger partial charge in [-0.25, -0.2) is 4.98 Å². The molecule has 128 valence electrons. The van der Waals surface area contributed by atoms with Gasteiger partial charge in [-0.05, 0) is 18.2 Å². The van der Waals surface area contributed by atoms with Crippen LogP contribution in [0.15, 0.2) is 48.9 Å². The predicted molar refractivity (Wildman–Crippen MR) is 94.2 cm³/mol. The van der Waals surface area contributed by atoms with E-state index < -0.39 is 0 Å². The first kappa shape index (κ1) is 15.6. The van der Waals surface area contributed by atoms with E-state index in [-0.39, 0.29) is 24.3 Å². The highest BCUT2D eigenvalue weighted by Gasteiger charge is 2.27. The summed E-state index contributed by atoms with van der Waals surface area (Å²) >= 11 is 0. The van der Waals surface area contributed by atoms with E-state index in [1.807, 2.05) is 0 Å². The van der Waals surface area contributed by atoms with E-state index in [1.54, 1.807) is 36.5 Å². The van der Waals surface area contributed by atoms with Crippen molar-refractivity contribution in [2.45, 2.75) is 0 Å². The molecule has 1 aromatic carbocycles. The van der Waals surface area contributed by atoms with E-state index in [0.717, 1.165) is 0 Å². The summed E-state index contributed by atoms with van der Waals surface area (Å²) in [5.41, 5.74) is 8.27. The highest BCUT2D eigenvalue weighted by molar-refractivity contribution is 6.15. The van der Waals surface area contributed by atoms with Crippen molar-refractivity contribution in [1.82, 2.24) is 20.2 Å². The lowest BCUT2D eigenvalue weighted by atomic mass is 10.1. The fourth-order valence-corrected chi connectivity index (χ4v) is 2.74. The van der Waals surface area contributed by atoms with E-state index >= 15 is 0 Å². The number of carbonyl (C=O) groups excluding carboxylic acids is 2. The molecule has 0 atom stereocenters. The van der Waals surface area contributed by atoms with Crippen molar-refractivity contribution in [2.75, 3.05) is 22.5 Å². The average Bonchev–Trinajstić information content (AvgIpc) is 2.67. The van der Waals surface area contributed by atoms with Crippen molar-refractivity contribution in [3.05, 3.63) is 54.5 Å². The second kappa shape index (κ2) is 6.20. The summed E-state index contributed by atoms with van der Waals surface area (Å²) in [5.74, 6) is -0.528. The van der Waals surface area contributed by atoms with Gasteiger partial charge in [0.2, 0.25) is 11.9 Å². The first-order valence-corrected chi connectivity index (χ1v) is 7.73. The molecule has 26 heavy (non-hydrogen) atoms. The van der Waals surface area contributed by atoms with Crippen molar-refractivity contribution in [2.24, 2.45) is 0 Å². The van der Waals surface area contributed by atoms with Crippen LogP contribution in [0.2, 0.25) is 0 Å². The monoisotopic (exact) mass is 347 g/mol. The number of rotatable bonds is 2. The number of nitrogens with two attached hydrogens (primary N) is 1. The standard InChI is InChI=1S/C17H13N7O2/c18-17-22-12(8-20-23-17)10-2-1-3-11(6-10)16(26)24-9-15(25)21-13-7-19-5-4-14(13)24/h1-8H,9H2,(H,21,25)(H2,18,22,23). The van der Waals surface area contributed by atoms with Gasteiger partial charge in [-0.15, -0.1) is 5.10 Å². The minimum Gasteiger partial charge on any atom is -0.366 e. The molecule has 0 radical (unpaired) electrons. The predicted octanol–water partition coefficient (Wildman–Crippen LogP) is 1.11. The molecule has 0 bridgehead atoms. The van der Waals surface area contributed by atoms with E-state index in [2.05, 4.69) is 25.5 Å². The third kappa shape index (κ3) is 2.81. The highest BCUT2D eigenvalue weighted by Crippen LogP contribution is 2.29. The number of anilines is 3. The molecule has 3 N–H and O–H groups in total. The summed E-state index contributed by atoms with van der Waals surface area (Å²) in [4.78, 5) is 34.4. The van der Waals surface area contributed by atoms with Gasteiger partial charge in [0, 0.05) is 17.3 Å². The number of hydrogen-bond acceptors (Lipinski definition) is 7. The van der Waals surface area contributed by atoms with Crippen LogP contribution in [0.4, 0.5) is 17.3 Å². The molecule has 0 fully saturated rings. The number of aromatic nitrogens is 4. The summed E-state index contributed by atoms with van der Waals surface area (Å²) in [7, 11) is 0. The van der Waals surface area contributed by atoms with Gasteiger partial charge in [0.1, 0.15) is 6.54 Å². The lowest BCUT2D eigenvalue weighted by Crippen LogP contribution is -2.42. The van der Waals surface area contributed by atoms with Crippen LogP contribution < -0.4 is 16.0 Å². The molecule has 0 spiro atoms. The molecule has 0 saturated carbocycles. The van der Waals surface area contributed by atoms with Crippen LogP contribution in [0.5, 0.6) is 0 Å². The quantitative estimate of drug-likeness (QED) is 0.711. The second-order valence-corrected chi connectivity index (χ2v) is 5.61. The zero-order chi connectivity index (χ0) is 18.1. The van der Waals surface area contributed by atoms with Gasteiger partial charge >= 0.3 is 0 Å². The minimum atomic E-state index is -0.302. The van der Waals surface area contributed by atoms with E-state index in [0.29, 0.717) is 28.2 Å². The smallest absolute Gasteiger partial charge is 0.258 e. The Hall–Kier alpha value is -3.88. The van der Waals surface area contributed by atoms with Gasteiger partial charge in [0.05, 0.1) is 29.5 Å². The minimum absolute atomic E-state index is 0.0494. The Morgan fingerprint density at radius 2 is 2.12 bits per heavy atom. The Morgan fingerprint density at radius 1 is 1.23 bits per heavy atom. The summed E-state index contributed by atoms with van der Waals surface area (Å²) in [5, 5.41) is 10.1. The highest BCUT2D eigenvalue weighted by atomic mass is 16.2. The van der Waals surface area contributed by atoms with Gasteiger partial charge in [-0.3, -0.25) is 19.5 Å². The lowest BCUT2D eigenvalue weighted by molar-refractivity contribution is -0.115. The molecule has 1 aliphatic heterocycles. The Labute approximate surface area is 147 Å². The Kier molecular flexibility index (Phi) is 3.73. The van der Waals surface area contributed by atoms with Gasteiger partial charge in [0.15, 0.2) is 0 Å². The summed E-state index contributed by atoms with van der Waals surface area (Å²) in [6.07, 6.45) is 4.55. The van der Waals surface area contributed by atoms with Gasteiger partial charge in [0.25, 0.3) is 5.91 Å². The number of fused-ring (bicyclic) bond motifs is 1. The van der Waals surface area contributed by atoms with E-state index in [4.69, 9.17) is 5.73 Å². The Balaban J connectivity index is 1.71. The molecular formula is C17H13N7O2. The van der Waals surface area contributed by atoms with Crippen LogP contribution in [0.25, 0.3) is 11.3 Å². The first-order chi connectivity index (χ1) is 12.6. The van der Waals surface area contributed by atoms with Crippen LogP contribution in [0.3, 0.4) is 0 Å². The average molecular weight is 347 g/mol. The zero-order valence-corrected chi connectivity index (χ0v) is 13.5. The lowest BCUT2D eigenvalue weighted by Gasteiger charge is -2.28. The molecule has 2 amide bonds. The number of nitrogen functional groups attached to an aromatic ring is 1. The van der Waals surface area contributed by atoms with E-state index in [9.17, 15) is 9.59 Å². The van der Waals surface area contributed by atoms with Crippen LogP contribution in [0.1, 0.15) is 10.4 Å². The van der Waals surface area contributed by atoms with Crippen molar-refractivity contribution >= 4 is 29.1 Å². The number of benzene rings is 1. The topological polar surface area (TPSA) is 127 Å². The molecule has 2 aromatic heterocycles. The summed E-state index contributed by atoms with van der Waals surface area (Å²) < 4.78 is 0. The maximum absolute atomic E-state index is 13.0. The SMILES string of the molecule is Nc1nncc(-c2cccc(C(=O)N3CC(=O)Nc4cnccc43)c2)n1. The number of amides is 2. The zero-order valence-electron chi connectivity index (χ0n) is 13.5. The molecule has 0 unspecified atom stereocenters. The molecule has 9 heteroatoms. The van der Waals surface area contributed by atoms with Gasteiger partial charge in [-0.1, -0.05) is 12.1 Å². The first-order valence-electron chi connectivity index (χ1n) is 7.73. The Morgan fingerprint density at radius 3 is 2.96 bits per heavy atom. The molecule has 0 saturated heterocycles. The number of carbonyl (C=O) groups is 2. The summed E-state index contributed by atoms with van der Waals surface area (Å²) in [6, 6.07) is 8.57. The van der Waals surface area contributed by atoms with Crippen LogP contribution in [0, 0.1) is 0 Å². The molecule has 1 aliphatic rings. The van der Waals surface area contributed by atoms with Crippen molar-refractivity contribution in [3.8, 4) is 11.3 Å². The summed E-state index contributed by atoms with van der Waals surface area (Å²) in [6.45, 7) is -0.0674. The molecular weight excluding hydrogens is 334 g/mol. The fourth-order valence-electron chi connectivity index (χ4n) is 2.74. The molecule has 4 rings (SSSR count). The number of pyridine rings is 1.